The Morgan fingerprint density at radius 2 is 2.13 bits per heavy atom. The highest BCUT2D eigenvalue weighted by Crippen LogP contribution is 2.23. The number of carbonyl (C=O) groups is 1. The first kappa shape index (κ1) is 10.4. The molecule has 2 aromatic heterocycles. The lowest BCUT2D eigenvalue weighted by Gasteiger charge is -1.98. The van der Waals surface area contributed by atoms with Gasteiger partial charge >= 0.3 is 0 Å². The molecule has 0 radical (unpaired) electrons. The summed E-state index contributed by atoms with van der Waals surface area (Å²) < 4.78 is 0.805. The van der Waals surface area contributed by atoms with Crippen molar-refractivity contribution >= 4 is 33.0 Å². The van der Waals surface area contributed by atoms with Crippen molar-refractivity contribution in [3.8, 4) is 0 Å². The van der Waals surface area contributed by atoms with E-state index in [0.29, 0.717) is 11.3 Å². The van der Waals surface area contributed by atoms with Gasteiger partial charge in [0.2, 0.25) is 5.78 Å². The summed E-state index contributed by atoms with van der Waals surface area (Å²) in [4.78, 5) is 20.0. The number of thiophene rings is 1. The average Bonchev–Trinajstić information content (AvgIpc) is 2.65. The summed E-state index contributed by atoms with van der Waals surface area (Å²) in [5.41, 5.74) is 1.81. The van der Waals surface area contributed by atoms with Crippen molar-refractivity contribution in [3.63, 3.8) is 0 Å². The third-order valence-electron chi connectivity index (χ3n) is 1.87. The van der Waals surface area contributed by atoms with Gasteiger partial charge in [-0.3, -0.25) is 9.78 Å². The Morgan fingerprint density at radius 1 is 1.33 bits per heavy atom. The molecule has 2 heterocycles. The van der Waals surface area contributed by atoms with E-state index in [1.54, 1.807) is 11.6 Å². The highest BCUT2D eigenvalue weighted by molar-refractivity contribution is 9.10. The van der Waals surface area contributed by atoms with E-state index in [0.717, 1.165) is 10.2 Å². The number of carbonyl (C=O) groups excluding carboxylic acids is 1. The monoisotopic (exact) mass is 282 g/mol. The standard InChI is InChI=1S/C10H7BrN2OS/c1-6-2-13-9(3-12-6)10(14)7-4-15-5-8(7)11/h2-5H,1H3. The quantitative estimate of drug-likeness (QED) is 0.796. The molecule has 3 nitrogen and oxygen atoms in total. The van der Waals surface area contributed by atoms with Gasteiger partial charge in [-0.15, -0.1) is 0 Å². The van der Waals surface area contributed by atoms with Gasteiger partial charge in [0.25, 0.3) is 0 Å². The zero-order valence-electron chi connectivity index (χ0n) is 7.90. The molecule has 0 unspecified atom stereocenters. The van der Waals surface area contributed by atoms with Crippen molar-refractivity contribution in [2.75, 3.05) is 0 Å². The van der Waals surface area contributed by atoms with Crippen LogP contribution in [0, 0.1) is 6.92 Å². The van der Waals surface area contributed by atoms with Crippen LogP contribution in [-0.4, -0.2) is 15.8 Å². The highest BCUT2D eigenvalue weighted by atomic mass is 79.9. The highest BCUT2D eigenvalue weighted by Gasteiger charge is 2.14. The van der Waals surface area contributed by atoms with Crippen molar-refractivity contribution in [3.05, 3.63) is 44.6 Å². The number of hydrogen-bond donors (Lipinski definition) is 0. The van der Waals surface area contributed by atoms with Gasteiger partial charge in [-0.05, 0) is 22.9 Å². The Kier molecular flexibility index (Phi) is 2.93. The first-order chi connectivity index (χ1) is 7.18. The average molecular weight is 283 g/mol. The molecule has 0 aliphatic heterocycles. The molecule has 0 saturated heterocycles. The van der Waals surface area contributed by atoms with Crippen LogP contribution in [0.2, 0.25) is 0 Å². The van der Waals surface area contributed by atoms with Crippen LogP contribution in [0.3, 0.4) is 0 Å². The molecule has 0 atom stereocenters. The van der Waals surface area contributed by atoms with Gasteiger partial charge in [0.1, 0.15) is 5.69 Å². The lowest BCUT2D eigenvalue weighted by molar-refractivity contribution is 0.103. The number of nitrogens with zero attached hydrogens (tertiary/aromatic N) is 2. The van der Waals surface area contributed by atoms with E-state index >= 15 is 0 Å². The van der Waals surface area contributed by atoms with Crippen LogP contribution in [0.25, 0.3) is 0 Å². The van der Waals surface area contributed by atoms with E-state index in [1.807, 2.05) is 12.3 Å². The van der Waals surface area contributed by atoms with Crippen LogP contribution in [0.1, 0.15) is 21.7 Å². The Bertz CT molecular complexity index is 492. The minimum Gasteiger partial charge on any atom is -0.287 e. The largest absolute Gasteiger partial charge is 0.287 e. The van der Waals surface area contributed by atoms with Gasteiger partial charge < -0.3 is 0 Å². The van der Waals surface area contributed by atoms with E-state index in [-0.39, 0.29) is 5.78 Å². The molecule has 0 aliphatic rings. The minimum absolute atomic E-state index is 0.101. The number of halogens is 1. The molecule has 76 valence electrons. The predicted molar refractivity (Wildman–Crippen MR) is 62.2 cm³/mol. The fraction of sp³-hybridized carbons (Fsp3) is 0.100. The van der Waals surface area contributed by atoms with Crippen molar-refractivity contribution < 1.29 is 4.79 Å². The van der Waals surface area contributed by atoms with Crippen LogP contribution in [0.15, 0.2) is 27.6 Å². The van der Waals surface area contributed by atoms with E-state index in [1.165, 1.54) is 17.5 Å². The molecule has 2 aromatic rings. The van der Waals surface area contributed by atoms with Crippen molar-refractivity contribution in [2.24, 2.45) is 0 Å². The first-order valence-corrected chi connectivity index (χ1v) is 5.97. The van der Waals surface area contributed by atoms with Gasteiger partial charge in [0, 0.05) is 27.0 Å². The third kappa shape index (κ3) is 2.13. The van der Waals surface area contributed by atoms with Crippen LogP contribution in [-0.2, 0) is 0 Å². The van der Waals surface area contributed by atoms with Crippen molar-refractivity contribution in [1.82, 2.24) is 9.97 Å². The number of aryl methyl sites for hydroxylation is 1. The second kappa shape index (κ2) is 4.20. The maximum atomic E-state index is 11.9. The summed E-state index contributed by atoms with van der Waals surface area (Å²) in [7, 11) is 0. The predicted octanol–water partition coefficient (Wildman–Crippen LogP) is 2.84. The molecule has 0 aromatic carbocycles. The topological polar surface area (TPSA) is 42.9 Å². The van der Waals surface area contributed by atoms with Crippen LogP contribution < -0.4 is 0 Å². The summed E-state index contributed by atoms with van der Waals surface area (Å²) in [6.45, 7) is 1.84. The molecule has 15 heavy (non-hydrogen) atoms. The normalized spacial score (nSPS) is 10.3. The smallest absolute Gasteiger partial charge is 0.214 e. The van der Waals surface area contributed by atoms with Gasteiger partial charge in [0.05, 0.1) is 11.9 Å². The van der Waals surface area contributed by atoms with E-state index < -0.39 is 0 Å². The number of hydrogen-bond acceptors (Lipinski definition) is 4. The lowest BCUT2D eigenvalue weighted by Crippen LogP contribution is -2.04. The maximum absolute atomic E-state index is 11.9. The van der Waals surface area contributed by atoms with Crippen molar-refractivity contribution in [1.29, 1.82) is 0 Å². The molecule has 0 N–H and O–H groups in total. The van der Waals surface area contributed by atoms with E-state index in [2.05, 4.69) is 25.9 Å². The molecule has 5 heteroatoms. The van der Waals surface area contributed by atoms with Gasteiger partial charge in [-0.2, -0.15) is 11.3 Å². The molecular weight excluding hydrogens is 276 g/mol. The number of ketones is 1. The van der Waals surface area contributed by atoms with Crippen LogP contribution >= 0.6 is 27.3 Å². The van der Waals surface area contributed by atoms with Crippen LogP contribution in [0.5, 0.6) is 0 Å². The van der Waals surface area contributed by atoms with Crippen LogP contribution in [0.4, 0.5) is 0 Å². The molecule has 0 bridgehead atoms. The molecule has 0 spiro atoms. The molecule has 0 aliphatic carbocycles. The molecular formula is C10H7BrN2OS. The Morgan fingerprint density at radius 3 is 2.67 bits per heavy atom. The van der Waals surface area contributed by atoms with E-state index in [9.17, 15) is 4.79 Å². The van der Waals surface area contributed by atoms with Gasteiger partial charge in [-0.1, -0.05) is 0 Å². The maximum Gasteiger partial charge on any atom is 0.214 e. The van der Waals surface area contributed by atoms with Gasteiger partial charge in [0.15, 0.2) is 0 Å². The third-order valence-corrected chi connectivity index (χ3v) is 3.58. The number of aromatic nitrogens is 2. The Hall–Kier alpha value is -1.07. The SMILES string of the molecule is Cc1cnc(C(=O)c2cscc2Br)cn1. The number of rotatable bonds is 2. The lowest BCUT2D eigenvalue weighted by atomic mass is 10.2. The fourth-order valence-corrected chi connectivity index (χ4v) is 2.55. The Balaban J connectivity index is 2.37. The molecule has 0 fully saturated rings. The van der Waals surface area contributed by atoms with E-state index in [4.69, 9.17) is 0 Å². The summed E-state index contributed by atoms with van der Waals surface area (Å²) in [5.74, 6) is -0.101. The zero-order chi connectivity index (χ0) is 10.8. The van der Waals surface area contributed by atoms with Crippen molar-refractivity contribution in [2.45, 2.75) is 6.92 Å². The first-order valence-electron chi connectivity index (χ1n) is 4.23. The molecule has 2 rings (SSSR count). The second-order valence-corrected chi connectivity index (χ2v) is 4.60. The second-order valence-electron chi connectivity index (χ2n) is 3.01. The van der Waals surface area contributed by atoms with Gasteiger partial charge in [-0.25, -0.2) is 4.98 Å². The zero-order valence-corrected chi connectivity index (χ0v) is 10.3. The summed E-state index contributed by atoms with van der Waals surface area (Å²) in [6, 6.07) is 0. The summed E-state index contributed by atoms with van der Waals surface area (Å²) in [5, 5.41) is 3.67. The Labute approximate surface area is 99.3 Å². The minimum atomic E-state index is -0.101. The fourth-order valence-electron chi connectivity index (χ4n) is 1.09. The molecule has 0 amide bonds. The molecule has 0 saturated carbocycles. The summed E-state index contributed by atoms with van der Waals surface area (Å²) in [6.07, 6.45) is 3.09. The summed E-state index contributed by atoms with van der Waals surface area (Å²) >= 11 is 4.80.